The summed E-state index contributed by atoms with van der Waals surface area (Å²) in [6.45, 7) is 2.73. The normalized spacial score (nSPS) is 11.5. The highest BCUT2D eigenvalue weighted by Crippen LogP contribution is 2.19. The van der Waals surface area contributed by atoms with E-state index in [9.17, 15) is 4.39 Å². The van der Waals surface area contributed by atoms with E-state index in [0.717, 1.165) is 18.7 Å². The van der Waals surface area contributed by atoms with Crippen LogP contribution in [-0.4, -0.2) is 29.7 Å². The van der Waals surface area contributed by atoms with Crippen molar-refractivity contribution in [2.45, 2.75) is 13.1 Å². The van der Waals surface area contributed by atoms with Gasteiger partial charge in [0.1, 0.15) is 5.82 Å². The fourth-order valence-corrected chi connectivity index (χ4v) is 2.99. The van der Waals surface area contributed by atoms with Gasteiger partial charge in [-0.1, -0.05) is 24.3 Å². The molecule has 0 spiro atoms. The van der Waals surface area contributed by atoms with E-state index in [4.69, 9.17) is 4.74 Å². The summed E-state index contributed by atoms with van der Waals surface area (Å²) >= 11 is 0. The van der Waals surface area contributed by atoms with Crippen molar-refractivity contribution in [3.63, 3.8) is 0 Å². The predicted molar refractivity (Wildman–Crippen MR) is 95.3 cm³/mol. The Morgan fingerprint density at radius 3 is 2.71 bits per heavy atom. The number of hydrogen-bond donors (Lipinski definition) is 0. The number of methoxy groups -OCH3 is 1. The largest absolute Gasteiger partial charge is 0.383 e. The van der Waals surface area contributed by atoms with Crippen molar-refractivity contribution in [2.24, 2.45) is 7.05 Å². The molecule has 0 aliphatic rings. The molecule has 2 aromatic carbocycles. The lowest BCUT2D eigenvalue weighted by molar-refractivity contribution is 0.139. The van der Waals surface area contributed by atoms with Gasteiger partial charge in [0.25, 0.3) is 0 Å². The molecule has 3 nitrogen and oxygen atoms in total. The Hall–Kier alpha value is -2.17. The number of hydrogen-bond acceptors (Lipinski definition) is 2. The summed E-state index contributed by atoms with van der Waals surface area (Å²) in [7, 11) is 3.74. The summed E-state index contributed by atoms with van der Waals surface area (Å²) in [6, 6.07) is 15.6. The summed E-state index contributed by atoms with van der Waals surface area (Å²) in [6.07, 6.45) is 2.07. The highest BCUT2D eigenvalue weighted by atomic mass is 19.1. The highest BCUT2D eigenvalue weighted by Gasteiger charge is 2.11. The van der Waals surface area contributed by atoms with Gasteiger partial charge in [-0.05, 0) is 35.2 Å². The minimum atomic E-state index is -0.154. The molecule has 126 valence electrons. The third-order valence-corrected chi connectivity index (χ3v) is 4.32. The number of aromatic nitrogens is 1. The quantitative estimate of drug-likeness (QED) is 0.654. The molecule has 3 rings (SSSR count). The van der Waals surface area contributed by atoms with Crippen LogP contribution in [0.3, 0.4) is 0 Å². The molecule has 0 radical (unpaired) electrons. The zero-order chi connectivity index (χ0) is 16.9. The molecule has 0 aliphatic carbocycles. The summed E-state index contributed by atoms with van der Waals surface area (Å²) in [5, 5.41) is 1.23. The summed E-state index contributed by atoms with van der Waals surface area (Å²) in [5.41, 5.74) is 3.16. The SMILES string of the molecule is COCCN(Cc1ccc2c(ccn2C)c1)Cc1ccccc1F. The highest BCUT2D eigenvalue weighted by molar-refractivity contribution is 5.80. The molecular weight excluding hydrogens is 303 g/mol. The van der Waals surface area contributed by atoms with E-state index in [0.29, 0.717) is 13.2 Å². The lowest BCUT2D eigenvalue weighted by atomic mass is 10.1. The van der Waals surface area contributed by atoms with Gasteiger partial charge in [0.05, 0.1) is 6.61 Å². The topological polar surface area (TPSA) is 17.4 Å². The van der Waals surface area contributed by atoms with Crippen LogP contribution < -0.4 is 0 Å². The number of nitrogens with zero attached hydrogens (tertiary/aromatic N) is 2. The smallest absolute Gasteiger partial charge is 0.127 e. The van der Waals surface area contributed by atoms with E-state index < -0.39 is 0 Å². The van der Waals surface area contributed by atoms with Crippen molar-refractivity contribution >= 4 is 10.9 Å². The molecular formula is C20H23FN2O. The maximum Gasteiger partial charge on any atom is 0.127 e. The first-order valence-corrected chi connectivity index (χ1v) is 8.16. The second-order valence-electron chi connectivity index (χ2n) is 6.11. The van der Waals surface area contributed by atoms with Gasteiger partial charge in [0, 0.05) is 51.1 Å². The fourth-order valence-electron chi connectivity index (χ4n) is 2.99. The average molecular weight is 326 g/mol. The molecule has 0 atom stereocenters. The van der Waals surface area contributed by atoms with Crippen molar-refractivity contribution in [3.8, 4) is 0 Å². The van der Waals surface area contributed by atoms with Crippen molar-refractivity contribution < 1.29 is 9.13 Å². The first-order chi connectivity index (χ1) is 11.7. The van der Waals surface area contributed by atoms with Gasteiger partial charge in [-0.2, -0.15) is 0 Å². The molecule has 0 fully saturated rings. The third kappa shape index (κ3) is 3.83. The summed E-state index contributed by atoms with van der Waals surface area (Å²) < 4.78 is 21.3. The molecule has 0 amide bonds. The second kappa shape index (κ2) is 7.60. The summed E-state index contributed by atoms with van der Waals surface area (Å²) in [4.78, 5) is 2.21. The number of ether oxygens (including phenoxy) is 1. The molecule has 0 saturated carbocycles. The molecule has 24 heavy (non-hydrogen) atoms. The van der Waals surface area contributed by atoms with E-state index in [1.54, 1.807) is 13.2 Å². The standard InChI is InChI=1S/C20H23FN2O/c1-22-10-9-17-13-16(7-8-20(17)22)14-23(11-12-24-2)15-18-5-3-4-6-19(18)21/h3-10,13H,11-12,14-15H2,1-2H3. The maximum atomic E-state index is 14.0. The Kier molecular flexibility index (Phi) is 5.28. The third-order valence-electron chi connectivity index (χ3n) is 4.32. The minimum absolute atomic E-state index is 0.154. The second-order valence-corrected chi connectivity index (χ2v) is 6.11. The lowest BCUT2D eigenvalue weighted by Crippen LogP contribution is -2.27. The number of aryl methyl sites for hydroxylation is 1. The zero-order valence-electron chi connectivity index (χ0n) is 14.2. The Balaban J connectivity index is 1.78. The van der Waals surface area contributed by atoms with Crippen LogP contribution in [0.15, 0.2) is 54.7 Å². The van der Waals surface area contributed by atoms with Crippen molar-refractivity contribution in [1.29, 1.82) is 0 Å². The van der Waals surface area contributed by atoms with E-state index >= 15 is 0 Å². The zero-order valence-corrected chi connectivity index (χ0v) is 14.2. The van der Waals surface area contributed by atoms with Crippen LogP contribution in [0.1, 0.15) is 11.1 Å². The Labute approximate surface area is 142 Å². The van der Waals surface area contributed by atoms with Gasteiger partial charge in [-0.25, -0.2) is 4.39 Å². The van der Waals surface area contributed by atoms with Crippen LogP contribution in [0, 0.1) is 5.82 Å². The van der Waals surface area contributed by atoms with Crippen LogP contribution >= 0.6 is 0 Å². The molecule has 0 bridgehead atoms. The van der Waals surface area contributed by atoms with Crippen molar-refractivity contribution in [3.05, 3.63) is 71.7 Å². The number of fused-ring (bicyclic) bond motifs is 1. The van der Waals surface area contributed by atoms with Crippen LogP contribution in [0.4, 0.5) is 4.39 Å². The monoisotopic (exact) mass is 326 g/mol. The Bertz CT molecular complexity index is 812. The number of halogens is 1. The van der Waals surface area contributed by atoms with Gasteiger partial charge in [0.2, 0.25) is 0 Å². The molecule has 1 aromatic heterocycles. The first kappa shape index (κ1) is 16.7. The predicted octanol–water partition coefficient (Wildman–Crippen LogP) is 3.97. The number of benzene rings is 2. The molecule has 3 aromatic rings. The molecule has 0 aliphatic heterocycles. The van der Waals surface area contributed by atoms with Gasteiger partial charge >= 0.3 is 0 Å². The molecule has 0 saturated heterocycles. The van der Waals surface area contributed by atoms with Crippen LogP contribution in [0.2, 0.25) is 0 Å². The summed E-state index contributed by atoms with van der Waals surface area (Å²) in [5.74, 6) is -0.154. The Morgan fingerprint density at radius 2 is 1.92 bits per heavy atom. The van der Waals surface area contributed by atoms with Crippen molar-refractivity contribution in [1.82, 2.24) is 9.47 Å². The van der Waals surface area contributed by atoms with E-state index in [1.165, 1.54) is 22.5 Å². The number of rotatable bonds is 7. The van der Waals surface area contributed by atoms with Gasteiger partial charge < -0.3 is 9.30 Å². The molecule has 0 N–H and O–H groups in total. The Morgan fingerprint density at radius 1 is 1.08 bits per heavy atom. The molecule has 4 heteroatoms. The van der Waals surface area contributed by atoms with Crippen LogP contribution in [-0.2, 0) is 24.9 Å². The van der Waals surface area contributed by atoms with Gasteiger partial charge in [-0.15, -0.1) is 0 Å². The van der Waals surface area contributed by atoms with E-state index in [1.807, 2.05) is 19.2 Å². The lowest BCUT2D eigenvalue weighted by Gasteiger charge is -2.22. The molecule has 1 heterocycles. The van der Waals surface area contributed by atoms with Crippen molar-refractivity contribution in [2.75, 3.05) is 20.3 Å². The van der Waals surface area contributed by atoms with E-state index in [2.05, 4.69) is 39.9 Å². The average Bonchev–Trinajstić information content (AvgIpc) is 2.95. The first-order valence-electron chi connectivity index (χ1n) is 8.16. The maximum absolute atomic E-state index is 14.0. The van der Waals surface area contributed by atoms with Crippen LogP contribution in [0.5, 0.6) is 0 Å². The fraction of sp³-hybridized carbons (Fsp3) is 0.300. The molecule has 0 unspecified atom stereocenters. The van der Waals surface area contributed by atoms with E-state index in [-0.39, 0.29) is 5.82 Å². The minimum Gasteiger partial charge on any atom is -0.383 e. The van der Waals surface area contributed by atoms with Crippen LogP contribution in [0.25, 0.3) is 10.9 Å². The van der Waals surface area contributed by atoms with Gasteiger partial charge in [0.15, 0.2) is 0 Å². The van der Waals surface area contributed by atoms with Gasteiger partial charge in [-0.3, -0.25) is 4.90 Å².